The van der Waals surface area contributed by atoms with E-state index in [2.05, 4.69) is 37.1 Å². The second kappa shape index (κ2) is 5.91. The van der Waals surface area contributed by atoms with E-state index in [1.807, 2.05) is 6.07 Å². The lowest BCUT2D eigenvalue weighted by atomic mass is 10.0. The average Bonchev–Trinajstić information content (AvgIpc) is 2.71. The Bertz CT molecular complexity index is 429. The predicted octanol–water partition coefficient (Wildman–Crippen LogP) is 3.70. The van der Waals surface area contributed by atoms with E-state index >= 15 is 0 Å². The van der Waals surface area contributed by atoms with Crippen molar-refractivity contribution in [3.8, 4) is 0 Å². The van der Waals surface area contributed by atoms with E-state index in [-0.39, 0.29) is 11.4 Å². The molecule has 0 radical (unpaired) electrons. The van der Waals surface area contributed by atoms with Crippen molar-refractivity contribution in [3.63, 3.8) is 0 Å². The number of hydrogen-bond acceptors (Lipinski definition) is 2. The summed E-state index contributed by atoms with van der Waals surface area (Å²) in [6.07, 6.45) is 3.43. The van der Waals surface area contributed by atoms with Crippen LogP contribution in [-0.4, -0.2) is 18.6 Å². The van der Waals surface area contributed by atoms with Crippen molar-refractivity contribution in [2.45, 2.75) is 52.1 Å². The summed E-state index contributed by atoms with van der Waals surface area (Å²) in [7, 11) is 0. The zero-order valence-corrected chi connectivity index (χ0v) is 12.3. The summed E-state index contributed by atoms with van der Waals surface area (Å²) in [5, 5.41) is 3.32. The molecule has 1 aromatic rings. The molecule has 0 spiro atoms. The van der Waals surface area contributed by atoms with Crippen molar-refractivity contribution in [3.05, 3.63) is 29.6 Å². The number of nitrogens with one attached hydrogen (secondary N) is 1. The van der Waals surface area contributed by atoms with Gasteiger partial charge in [-0.05, 0) is 51.8 Å². The van der Waals surface area contributed by atoms with Crippen LogP contribution in [0.15, 0.2) is 18.2 Å². The van der Waals surface area contributed by atoms with Gasteiger partial charge in [-0.3, -0.25) is 0 Å². The van der Waals surface area contributed by atoms with Crippen molar-refractivity contribution < 1.29 is 4.39 Å². The first-order valence-electron chi connectivity index (χ1n) is 7.32. The third-order valence-electron chi connectivity index (χ3n) is 4.01. The molecule has 1 aliphatic heterocycles. The summed E-state index contributed by atoms with van der Waals surface area (Å²) >= 11 is 0. The monoisotopic (exact) mass is 264 g/mol. The Hall–Kier alpha value is -1.09. The third kappa shape index (κ3) is 3.08. The Morgan fingerprint density at radius 3 is 2.79 bits per heavy atom. The van der Waals surface area contributed by atoms with Gasteiger partial charge in [0.05, 0.1) is 0 Å². The van der Waals surface area contributed by atoms with Crippen LogP contribution in [0.3, 0.4) is 0 Å². The summed E-state index contributed by atoms with van der Waals surface area (Å²) in [5.74, 6) is -0.0937. The highest BCUT2D eigenvalue weighted by Gasteiger charge is 2.33. The molecule has 0 bridgehead atoms. The minimum atomic E-state index is -0.0937. The van der Waals surface area contributed by atoms with Crippen molar-refractivity contribution in [1.29, 1.82) is 0 Å². The maximum Gasteiger partial charge on any atom is 0.129 e. The summed E-state index contributed by atoms with van der Waals surface area (Å²) in [4.78, 5) is 2.36. The predicted molar refractivity (Wildman–Crippen MR) is 79.1 cm³/mol. The van der Waals surface area contributed by atoms with Crippen LogP contribution in [0.5, 0.6) is 0 Å². The molecule has 1 aromatic carbocycles. The zero-order valence-electron chi connectivity index (χ0n) is 12.3. The molecule has 3 heteroatoms. The van der Waals surface area contributed by atoms with Crippen LogP contribution in [0, 0.1) is 5.82 Å². The van der Waals surface area contributed by atoms with E-state index in [0.717, 1.165) is 30.8 Å². The van der Waals surface area contributed by atoms with Crippen molar-refractivity contribution in [2.75, 3.05) is 18.0 Å². The largest absolute Gasteiger partial charge is 0.366 e. The first-order chi connectivity index (χ1) is 9.06. The second-order valence-electron chi connectivity index (χ2n) is 5.98. The van der Waals surface area contributed by atoms with Crippen LogP contribution in [0.25, 0.3) is 0 Å². The van der Waals surface area contributed by atoms with E-state index < -0.39 is 0 Å². The zero-order chi connectivity index (χ0) is 13.9. The van der Waals surface area contributed by atoms with Gasteiger partial charge in [-0.2, -0.15) is 0 Å². The van der Waals surface area contributed by atoms with Gasteiger partial charge >= 0.3 is 0 Å². The molecule has 1 heterocycles. The summed E-state index contributed by atoms with van der Waals surface area (Å²) in [6, 6.07) is 5.44. The highest BCUT2D eigenvalue weighted by atomic mass is 19.1. The maximum absolute atomic E-state index is 14.1. The third-order valence-corrected chi connectivity index (χ3v) is 4.01. The van der Waals surface area contributed by atoms with Crippen molar-refractivity contribution in [2.24, 2.45) is 0 Å². The number of nitrogens with zero attached hydrogens (tertiary/aromatic N) is 1. The van der Waals surface area contributed by atoms with Crippen molar-refractivity contribution >= 4 is 5.69 Å². The normalized spacial score (nSPS) is 18.0. The van der Waals surface area contributed by atoms with Gasteiger partial charge in [-0.15, -0.1) is 0 Å². The minimum absolute atomic E-state index is 0.0937. The fourth-order valence-corrected chi connectivity index (χ4v) is 2.92. The molecule has 106 valence electrons. The highest BCUT2D eigenvalue weighted by Crippen LogP contribution is 2.36. The Labute approximate surface area is 116 Å². The van der Waals surface area contributed by atoms with Gasteiger partial charge in [-0.1, -0.05) is 13.0 Å². The summed E-state index contributed by atoms with van der Waals surface area (Å²) in [6.45, 7) is 9.18. The molecule has 1 aliphatic rings. The molecule has 0 amide bonds. The van der Waals surface area contributed by atoms with Crippen LogP contribution in [0.2, 0.25) is 0 Å². The second-order valence-corrected chi connectivity index (χ2v) is 5.98. The van der Waals surface area contributed by atoms with Crippen molar-refractivity contribution in [1.82, 2.24) is 5.32 Å². The molecule has 0 saturated carbocycles. The van der Waals surface area contributed by atoms with E-state index in [4.69, 9.17) is 0 Å². The number of halogens is 1. The minimum Gasteiger partial charge on any atom is -0.366 e. The van der Waals surface area contributed by atoms with Crippen LogP contribution >= 0.6 is 0 Å². The number of rotatable bonds is 5. The topological polar surface area (TPSA) is 15.3 Å². The molecular formula is C16H25FN2. The van der Waals surface area contributed by atoms with Gasteiger partial charge in [0.25, 0.3) is 0 Å². The van der Waals surface area contributed by atoms with E-state index in [1.165, 1.54) is 12.8 Å². The van der Waals surface area contributed by atoms with Crippen LogP contribution in [0.1, 0.15) is 45.6 Å². The fraction of sp³-hybridized carbons (Fsp3) is 0.625. The van der Waals surface area contributed by atoms with Crippen LogP contribution in [-0.2, 0) is 6.54 Å². The van der Waals surface area contributed by atoms with Crippen LogP contribution in [0.4, 0.5) is 10.1 Å². The van der Waals surface area contributed by atoms with Gasteiger partial charge in [0, 0.05) is 29.9 Å². The lowest BCUT2D eigenvalue weighted by molar-refractivity contribution is 0.512. The molecular weight excluding hydrogens is 239 g/mol. The van der Waals surface area contributed by atoms with E-state index in [9.17, 15) is 4.39 Å². The molecule has 0 unspecified atom stereocenters. The SMILES string of the molecule is CCCNCc1c(F)cccc1N1CCCC1(C)C. The number of hydrogen-bond donors (Lipinski definition) is 1. The van der Waals surface area contributed by atoms with Crippen LogP contribution < -0.4 is 10.2 Å². The molecule has 1 saturated heterocycles. The lowest BCUT2D eigenvalue weighted by Crippen LogP contribution is -2.39. The standard InChI is InChI=1S/C16H25FN2/c1-4-10-18-12-13-14(17)7-5-8-15(13)19-11-6-9-16(19,2)3/h5,7-8,18H,4,6,9-12H2,1-3H3. The van der Waals surface area contributed by atoms with E-state index in [0.29, 0.717) is 6.54 Å². The molecule has 0 aromatic heterocycles. The Kier molecular flexibility index (Phi) is 4.46. The molecule has 2 nitrogen and oxygen atoms in total. The van der Waals surface area contributed by atoms with E-state index in [1.54, 1.807) is 6.07 Å². The van der Waals surface area contributed by atoms with Gasteiger partial charge in [0.15, 0.2) is 0 Å². The summed E-state index contributed by atoms with van der Waals surface area (Å²) in [5.41, 5.74) is 2.00. The highest BCUT2D eigenvalue weighted by molar-refractivity contribution is 5.57. The fourth-order valence-electron chi connectivity index (χ4n) is 2.92. The average molecular weight is 264 g/mol. The molecule has 2 rings (SSSR count). The maximum atomic E-state index is 14.1. The first-order valence-corrected chi connectivity index (χ1v) is 7.32. The van der Waals surface area contributed by atoms with Gasteiger partial charge < -0.3 is 10.2 Å². The first kappa shape index (κ1) is 14.3. The Balaban J connectivity index is 2.26. The van der Waals surface area contributed by atoms with Gasteiger partial charge in [0.2, 0.25) is 0 Å². The molecule has 1 fully saturated rings. The van der Waals surface area contributed by atoms with Gasteiger partial charge in [0.1, 0.15) is 5.82 Å². The molecule has 19 heavy (non-hydrogen) atoms. The molecule has 0 atom stereocenters. The molecule has 0 aliphatic carbocycles. The number of anilines is 1. The summed E-state index contributed by atoms with van der Waals surface area (Å²) < 4.78 is 14.1. The Morgan fingerprint density at radius 2 is 2.16 bits per heavy atom. The lowest BCUT2D eigenvalue weighted by Gasteiger charge is -2.35. The Morgan fingerprint density at radius 1 is 1.37 bits per heavy atom. The smallest absolute Gasteiger partial charge is 0.129 e. The molecule has 1 N–H and O–H groups in total. The van der Waals surface area contributed by atoms with Gasteiger partial charge in [-0.25, -0.2) is 4.39 Å². The quantitative estimate of drug-likeness (QED) is 0.816. The number of benzene rings is 1.